The second kappa shape index (κ2) is 11.3. The van der Waals surface area contributed by atoms with Crippen LogP contribution in [-0.4, -0.2) is 35.4 Å². The van der Waals surface area contributed by atoms with E-state index in [2.05, 4.69) is 39.0 Å². The molecule has 3 aromatic rings. The van der Waals surface area contributed by atoms with Crippen molar-refractivity contribution in [3.8, 4) is 5.75 Å². The van der Waals surface area contributed by atoms with Crippen LogP contribution in [-0.2, 0) is 16.1 Å². The summed E-state index contributed by atoms with van der Waals surface area (Å²) in [6, 6.07) is 26.2. The van der Waals surface area contributed by atoms with Gasteiger partial charge in [-0.3, -0.25) is 4.79 Å². The molecule has 0 N–H and O–H groups in total. The fourth-order valence-corrected chi connectivity index (χ4v) is 4.48. The number of hydrogen-bond donors (Lipinski definition) is 0. The number of nitrogens with zero attached hydrogens (tertiary/aromatic N) is 2. The molecule has 0 saturated carbocycles. The van der Waals surface area contributed by atoms with Crippen molar-refractivity contribution in [1.29, 1.82) is 0 Å². The Kier molecular flexibility index (Phi) is 7.98. The quantitative estimate of drug-likeness (QED) is 0.338. The molecule has 0 aliphatic carbocycles. The van der Waals surface area contributed by atoms with Crippen molar-refractivity contribution >= 4 is 11.6 Å². The fourth-order valence-electron chi connectivity index (χ4n) is 4.48. The van der Waals surface area contributed by atoms with Gasteiger partial charge in [-0.05, 0) is 50.5 Å². The lowest BCUT2D eigenvalue weighted by Crippen LogP contribution is -2.47. The standard InChI is InChI=1S/C30H34N2O3/c1-23-17-24(2)19-26(18-23)28-20-30(3,22-34-21-25-11-6-4-7-12-25)32(31-28)29(33)15-10-16-35-27-13-8-5-9-14-27/h4-9,11-14,17-19H,10,15-16,20-22H2,1-3H3. The molecule has 0 saturated heterocycles. The highest BCUT2D eigenvalue weighted by atomic mass is 16.5. The number of benzene rings is 3. The smallest absolute Gasteiger partial charge is 0.243 e. The van der Waals surface area contributed by atoms with E-state index in [1.54, 1.807) is 5.01 Å². The van der Waals surface area contributed by atoms with Gasteiger partial charge in [0.15, 0.2) is 0 Å². The molecular weight excluding hydrogens is 436 g/mol. The maximum Gasteiger partial charge on any atom is 0.243 e. The molecule has 1 heterocycles. The van der Waals surface area contributed by atoms with Crippen molar-refractivity contribution in [2.75, 3.05) is 13.2 Å². The Morgan fingerprint density at radius 2 is 1.63 bits per heavy atom. The summed E-state index contributed by atoms with van der Waals surface area (Å²) in [7, 11) is 0. The number of hydrazone groups is 1. The molecule has 0 spiro atoms. The molecule has 1 atom stereocenters. The van der Waals surface area contributed by atoms with Gasteiger partial charge in [0.05, 0.1) is 31.1 Å². The van der Waals surface area contributed by atoms with Crippen molar-refractivity contribution in [3.63, 3.8) is 0 Å². The Bertz CT molecular complexity index is 1140. The van der Waals surface area contributed by atoms with Crippen LogP contribution < -0.4 is 4.74 Å². The predicted octanol–water partition coefficient (Wildman–Crippen LogP) is 6.07. The fraction of sp³-hybridized carbons (Fsp3) is 0.333. The van der Waals surface area contributed by atoms with Crippen LogP contribution in [0.4, 0.5) is 0 Å². The summed E-state index contributed by atoms with van der Waals surface area (Å²) in [5, 5.41) is 6.50. The van der Waals surface area contributed by atoms with Crippen LogP contribution in [0.1, 0.15) is 48.4 Å². The number of carbonyl (C=O) groups excluding carboxylic acids is 1. The molecule has 5 heteroatoms. The number of aryl methyl sites for hydroxylation is 2. The van der Waals surface area contributed by atoms with Crippen LogP contribution in [0, 0.1) is 13.8 Å². The molecule has 182 valence electrons. The Balaban J connectivity index is 1.44. The third-order valence-electron chi connectivity index (χ3n) is 6.14. The summed E-state index contributed by atoms with van der Waals surface area (Å²) < 4.78 is 11.9. The first-order valence-corrected chi connectivity index (χ1v) is 12.2. The monoisotopic (exact) mass is 470 g/mol. The molecule has 1 amide bonds. The van der Waals surface area contributed by atoms with Crippen LogP contribution >= 0.6 is 0 Å². The minimum Gasteiger partial charge on any atom is -0.494 e. The van der Waals surface area contributed by atoms with Gasteiger partial charge in [0.25, 0.3) is 0 Å². The Hall–Kier alpha value is -3.44. The highest BCUT2D eigenvalue weighted by molar-refractivity contribution is 6.04. The van der Waals surface area contributed by atoms with Crippen molar-refractivity contribution in [3.05, 3.63) is 101 Å². The number of hydrogen-bond acceptors (Lipinski definition) is 4. The van der Waals surface area contributed by atoms with Crippen molar-refractivity contribution in [2.45, 2.75) is 52.2 Å². The van der Waals surface area contributed by atoms with Crippen molar-refractivity contribution < 1.29 is 14.3 Å². The van der Waals surface area contributed by atoms with E-state index < -0.39 is 5.54 Å². The molecule has 1 aliphatic rings. The zero-order valence-corrected chi connectivity index (χ0v) is 20.9. The molecule has 0 radical (unpaired) electrons. The van der Waals surface area contributed by atoms with Crippen LogP contribution in [0.2, 0.25) is 0 Å². The van der Waals surface area contributed by atoms with E-state index in [1.807, 2.05) is 60.7 Å². The topological polar surface area (TPSA) is 51.1 Å². The van der Waals surface area contributed by atoms with E-state index in [0.717, 1.165) is 22.6 Å². The van der Waals surface area contributed by atoms with Crippen molar-refractivity contribution in [2.24, 2.45) is 5.10 Å². The summed E-state index contributed by atoms with van der Waals surface area (Å²) >= 11 is 0. The average Bonchev–Trinajstić information content (AvgIpc) is 3.20. The van der Waals surface area contributed by atoms with Gasteiger partial charge >= 0.3 is 0 Å². The molecular formula is C30H34N2O3. The predicted molar refractivity (Wildman–Crippen MR) is 140 cm³/mol. The second-order valence-corrected chi connectivity index (χ2v) is 9.55. The summed E-state index contributed by atoms with van der Waals surface area (Å²) in [4.78, 5) is 13.3. The summed E-state index contributed by atoms with van der Waals surface area (Å²) in [5.74, 6) is 0.808. The summed E-state index contributed by atoms with van der Waals surface area (Å²) in [6.07, 6.45) is 1.64. The number of para-hydroxylation sites is 1. The van der Waals surface area contributed by atoms with Gasteiger partial charge in [-0.2, -0.15) is 5.10 Å². The van der Waals surface area contributed by atoms with E-state index in [9.17, 15) is 4.79 Å². The number of carbonyl (C=O) groups is 1. The minimum absolute atomic E-state index is 0.00755. The third kappa shape index (κ3) is 6.58. The highest BCUT2D eigenvalue weighted by Gasteiger charge is 2.42. The number of ether oxygens (including phenoxy) is 2. The van der Waals surface area contributed by atoms with Gasteiger partial charge in [0, 0.05) is 12.8 Å². The number of rotatable bonds is 10. The molecule has 3 aromatic carbocycles. The first-order chi connectivity index (χ1) is 16.9. The van der Waals surface area contributed by atoms with Crippen LogP contribution in [0.5, 0.6) is 5.75 Å². The molecule has 35 heavy (non-hydrogen) atoms. The summed E-state index contributed by atoms with van der Waals surface area (Å²) in [5.41, 5.74) is 4.94. The van der Waals surface area contributed by atoms with Gasteiger partial charge in [-0.25, -0.2) is 5.01 Å². The lowest BCUT2D eigenvalue weighted by Gasteiger charge is -2.32. The highest BCUT2D eigenvalue weighted by Crippen LogP contribution is 2.32. The van der Waals surface area contributed by atoms with E-state index in [0.29, 0.717) is 39.1 Å². The molecule has 4 rings (SSSR count). The molecule has 5 nitrogen and oxygen atoms in total. The first kappa shape index (κ1) is 24.7. The largest absolute Gasteiger partial charge is 0.494 e. The van der Waals surface area contributed by atoms with Crippen molar-refractivity contribution in [1.82, 2.24) is 5.01 Å². The normalized spacial score (nSPS) is 17.3. The van der Waals surface area contributed by atoms with Gasteiger partial charge in [0.1, 0.15) is 5.75 Å². The van der Waals surface area contributed by atoms with Crippen LogP contribution in [0.25, 0.3) is 0 Å². The zero-order chi connectivity index (χ0) is 24.7. The van der Waals surface area contributed by atoms with Crippen LogP contribution in [0.15, 0.2) is 84.0 Å². The lowest BCUT2D eigenvalue weighted by molar-refractivity contribution is -0.138. The second-order valence-electron chi connectivity index (χ2n) is 9.55. The van der Waals surface area contributed by atoms with Gasteiger partial charge < -0.3 is 9.47 Å². The lowest BCUT2D eigenvalue weighted by atomic mass is 9.92. The maximum atomic E-state index is 13.3. The molecule has 1 aliphatic heterocycles. The maximum absolute atomic E-state index is 13.3. The molecule has 0 fully saturated rings. The Morgan fingerprint density at radius 3 is 2.31 bits per heavy atom. The Morgan fingerprint density at radius 1 is 0.971 bits per heavy atom. The third-order valence-corrected chi connectivity index (χ3v) is 6.14. The van der Waals surface area contributed by atoms with E-state index in [4.69, 9.17) is 14.6 Å². The van der Waals surface area contributed by atoms with Gasteiger partial charge in [-0.15, -0.1) is 0 Å². The first-order valence-electron chi connectivity index (χ1n) is 12.2. The van der Waals surface area contributed by atoms with Gasteiger partial charge in [-0.1, -0.05) is 77.9 Å². The summed E-state index contributed by atoms with van der Waals surface area (Å²) in [6.45, 7) is 7.63. The van der Waals surface area contributed by atoms with Gasteiger partial charge in [0.2, 0.25) is 5.91 Å². The average molecular weight is 471 g/mol. The number of amides is 1. The molecule has 1 unspecified atom stereocenters. The minimum atomic E-state index is -0.543. The van der Waals surface area contributed by atoms with E-state index >= 15 is 0 Å². The zero-order valence-electron chi connectivity index (χ0n) is 20.9. The molecule has 0 aromatic heterocycles. The molecule has 0 bridgehead atoms. The van der Waals surface area contributed by atoms with E-state index in [-0.39, 0.29) is 5.91 Å². The SMILES string of the molecule is Cc1cc(C)cc(C2=NN(C(=O)CCCOc3ccccc3)C(C)(COCc3ccccc3)C2)c1. The van der Waals surface area contributed by atoms with E-state index in [1.165, 1.54) is 11.1 Å². The Labute approximate surface area is 208 Å². The van der Waals surface area contributed by atoms with Crippen LogP contribution in [0.3, 0.4) is 0 Å².